The summed E-state index contributed by atoms with van der Waals surface area (Å²) in [6.07, 6.45) is 0. The fourth-order valence-electron chi connectivity index (χ4n) is 0. The van der Waals surface area contributed by atoms with Crippen molar-refractivity contribution in [3.63, 3.8) is 0 Å². The fraction of sp³-hybridized carbons (Fsp3) is 0. The molecule has 7 heteroatoms. The topological polar surface area (TPSA) is 117 Å². The van der Waals surface area contributed by atoms with Crippen molar-refractivity contribution in [2.45, 2.75) is 0 Å². The summed E-state index contributed by atoms with van der Waals surface area (Å²) in [4.78, 5) is 0. The Labute approximate surface area is 73.1 Å². The molecule has 0 aromatic heterocycles. The van der Waals surface area contributed by atoms with Crippen LogP contribution in [0.1, 0.15) is 0 Å². The van der Waals surface area contributed by atoms with Crippen molar-refractivity contribution in [2.75, 3.05) is 0 Å². The molecule has 7 heavy (non-hydrogen) atoms. The summed E-state index contributed by atoms with van der Waals surface area (Å²) in [5.74, 6) is 0. The van der Waals surface area contributed by atoms with Gasteiger partial charge in [-0.3, -0.25) is 0 Å². The molecule has 0 aliphatic carbocycles. The van der Waals surface area contributed by atoms with Gasteiger partial charge in [0.15, 0.2) is 0 Å². The molecule has 0 fully saturated rings. The van der Waals surface area contributed by atoms with E-state index in [4.69, 9.17) is 0 Å². The SMILES string of the molecule is [Fe+2].[Fe+2].[Fe+2].[O-2].[O-2].[OH-].[OH-]. The summed E-state index contributed by atoms with van der Waals surface area (Å²) in [5, 5.41) is 0. The molecular weight excluding hydrogens is 232 g/mol. The van der Waals surface area contributed by atoms with Gasteiger partial charge in [-0.15, -0.1) is 0 Å². The van der Waals surface area contributed by atoms with E-state index in [-0.39, 0.29) is 73.1 Å². The first-order valence-corrected chi connectivity index (χ1v) is 0. The van der Waals surface area contributed by atoms with E-state index in [2.05, 4.69) is 0 Å². The van der Waals surface area contributed by atoms with Gasteiger partial charge in [-0.05, 0) is 0 Å². The quantitative estimate of drug-likeness (QED) is 0.520. The Balaban J connectivity index is 0. The molecule has 0 spiro atoms. The Kier molecular flexibility index (Phi) is 5200. The third kappa shape index (κ3) is 110. The zero-order chi connectivity index (χ0) is 0. The van der Waals surface area contributed by atoms with Crippen molar-refractivity contribution in [2.24, 2.45) is 0 Å². The monoisotopic (exact) mass is 234 g/mol. The smallest absolute Gasteiger partial charge is 2.00 e. The number of rotatable bonds is 0. The molecule has 2 N–H and O–H groups in total. The summed E-state index contributed by atoms with van der Waals surface area (Å²) in [6, 6.07) is 0. The molecule has 0 radical (unpaired) electrons. The van der Waals surface area contributed by atoms with Crippen molar-refractivity contribution in [1.29, 1.82) is 0 Å². The van der Waals surface area contributed by atoms with Crippen molar-refractivity contribution < 1.29 is 73.1 Å². The molecule has 0 amide bonds. The second-order valence-corrected chi connectivity index (χ2v) is 0. The third-order valence-electron chi connectivity index (χ3n) is 0. The third-order valence-corrected chi connectivity index (χ3v) is 0. The normalized spacial score (nSPS) is 0. The molecular formula is H2Fe3O4. The Morgan fingerprint density at radius 3 is 0.429 bits per heavy atom. The van der Waals surface area contributed by atoms with E-state index in [9.17, 15) is 0 Å². The molecule has 0 saturated carbocycles. The Morgan fingerprint density at radius 2 is 0.429 bits per heavy atom. The number of hydrogen-bond donors (Lipinski definition) is 0. The molecule has 0 saturated heterocycles. The van der Waals surface area contributed by atoms with E-state index in [0.717, 1.165) is 0 Å². The Bertz CT molecular complexity index is 6.90. The van der Waals surface area contributed by atoms with Gasteiger partial charge in [0.1, 0.15) is 0 Å². The summed E-state index contributed by atoms with van der Waals surface area (Å²) in [5.41, 5.74) is 0. The van der Waals surface area contributed by atoms with Crippen LogP contribution in [0.15, 0.2) is 0 Å². The molecule has 0 atom stereocenters. The standard InChI is InChI=1S/3Fe.2H2O.2O/h;;;2*1H2;;/q3*+2;;;2*-2/p-2. The van der Waals surface area contributed by atoms with E-state index in [1.165, 1.54) is 0 Å². The summed E-state index contributed by atoms with van der Waals surface area (Å²) in [6.45, 7) is 0. The summed E-state index contributed by atoms with van der Waals surface area (Å²) < 4.78 is 0. The van der Waals surface area contributed by atoms with Crippen LogP contribution in [0.25, 0.3) is 0 Å². The van der Waals surface area contributed by atoms with Gasteiger partial charge in [0, 0.05) is 0 Å². The van der Waals surface area contributed by atoms with Crippen LogP contribution in [0.4, 0.5) is 0 Å². The van der Waals surface area contributed by atoms with Crippen molar-refractivity contribution >= 4 is 0 Å². The van der Waals surface area contributed by atoms with Crippen molar-refractivity contribution in [3.8, 4) is 0 Å². The Hall–Kier alpha value is 1.40. The average Bonchev–Trinajstić information content (AvgIpc) is 0. The molecule has 50 valence electrons. The predicted octanol–water partition coefficient (Wildman–Crippen LogP) is -0.599. The molecule has 0 bridgehead atoms. The van der Waals surface area contributed by atoms with Gasteiger partial charge in [-0.1, -0.05) is 0 Å². The first-order chi connectivity index (χ1) is 0. The van der Waals surface area contributed by atoms with Crippen LogP contribution in [-0.4, -0.2) is 11.0 Å². The molecule has 0 unspecified atom stereocenters. The van der Waals surface area contributed by atoms with Crippen LogP contribution < -0.4 is 0 Å². The average molecular weight is 234 g/mol. The second-order valence-electron chi connectivity index (χ2n) is 0. The molecule has 0 rings (SSSR count). The number of hydrogen-bond acceptors (Lipinski definition) is 2. The van der Waals surface area contributed by atoms with Crippen LogP contribution in [0.2, 0.25) is 0 Å². The van der Waals surface area contributed by atoms with Crippen LogP contribution in [0, 0.1) is 0 Å². The molecule has 0 aliphatic rings. The van der Waals surface area contributed by atoms with Crippen LogP contribution in [-0.2, 0) is 62.2 Å². The van der Waals surface area contributed by atoms with Crippen molar-refractivity contribution in [1.82, 2.24) is 0 Å². The maximum atomic E-state index is 0. The fourth-order valence-corrected chi connectivity index (χ4v) is 0. The maximum absolute atomic E-state index is 0. The minimum absolute atomic E-state index is 0. The Morgan fingerprint density at radius 1 is 0.429 bits per heavy atom. The maximum Gasteiger partial charge on any atom is 2.00 e. The first kappa shape index (κ1) is 235. The second kappa shape index (κ2) is 155. The van der Waals surface area contributed by atoms with Gasteiger partial charge in [-0.2, -0.15) is 0 Å². The minimum atomic E-state index is 0. The summed E-state index contributed by atoms with van der Waals surface area (Å²) in [7, 11) is 0. The van der Waals surface area contributed by atoms with E-state index in [1.54, 1.807) is 0 Å². The first-order valence-electron chi connectivity index (χ1n) is 0. The zero-order valence-electron chi connectivity index (χ0n) is 2.77. The van der Waals surface area contributed by atoms with Crippen LogP contribution >= 0.6 is 0 Å². The van der Waals surface area contributed by atoms with Gasteiger partial charge >= 0.3 is 51.2 Å². The predicted molar refractivity (Wildman–Crippen MR) is 5.24 cm³/mol. The van der Waals surface area contributed by atoms with Gasteiger partial charge in [0.05, 0.1) is 0 Å². The van der Waals surface area contributed by atoms with Gasteiger partial charge in [0.2, 0.25) is 0 Å². The van der Waals surface area contributed by atoms with E-state index in [0.29, 0.717) is 0 Å². The van der Waals surface area contributed by atoms with E-state index >= 15 is 0 Å². The largest absolute Gasteiger partial charge is 2.00 e. The van der Waals surface area contributed by atoms with Crippen molar-refractivity contribution in [3.05, 3.63) is 0 Å². The molecule has 0 aliphatic heterocycles. The van der Waals surface area contributed by atoms with Gasteiger partial charge in [0.25, 0.3) is 0 Å². The molecule has 0 heterocycles. The van der Waals surface area contributed by atoms with E-state index in [1.807, 2.05) is 0 Å². The molecule has 0 aromatic carbocycles. The summed E-state index contributed by atoms with van der Waals surface area (Å²) >= 11 is 0. The van der Waals surface area contributed by atoms with Gasteiger partial charge in [-0.25, -0.2) is 0 Å². The molecule has 0 aromatic rings. The van der Waals surface area contributed by atoms with Gasteiger partial charge < -0.3 is 21.9 Å². The minimum Gasteiger partial charge on any atom is -2.00 e. The van der Waals surface area contributed by atoms with E-state index < -0.39 is 0 Å². The zero-order valence-corrected chi connectivity index (χ0v) is 6.08. The van der Waals surface area contributed by atoms with Crippen LogP contribution in [0.3, 0.4) is 0 Å². The van der Waals surface area contributed by atoms with Crippen LogP contribution in [0.5, 0.6) is 0 Å². The molecule has 4 nitrogen and oxygen atoms in total.